The summed E-state index contributed by atoms with van der Waals surface area (Å²) >= 11 is 5.86. The van der Waals surface area contributed by atoms with E-state index < -0.39 is 28.8 Å². The lowest BCUT2D eigenvalue weighted by Gasteiger charge is -2.15. The van der Waals surface area contributed by atoms with Gasteiger partial charge in [-0.2, -0.15) is 0 Å². The van der Waals surface area contributed by atoms with Gasteiger partial charge in [-0.25, -0.2) is 9.78 Å². The van der Waals surface area contributed by atoms with Crippen LogP contribution >= 0.6 is 11.6 Å². The van der Waals surface area contributed by atoms with E-state index in [1.165, 1.54) is 25.4 Å². The molecule has 1 amide bonds. The van der Waals surface area contributed by atoms with Gasteiger partial charge in [-0.15, -0.1) is 0 Å². The maximum absolute atomic E-state index is 12.2. The van der Waals surface area contributed by atoms with Crippen LogP contribution in [0.1, 0.15) is 17.3 Å². The number of nitrogens with zero attached hydrogens (tertiary/aromatic N) is 1. The van der Waals surface area contributed by atoms with E-state index in [1.54, 1.807) is 30.3 Å². The Bertz CT molecular complexity index is 797. The molecule has 0 aliphatic heterocycles. The van der Waals surface area contributed by atoms with Crippen LogP contribution in [0, 0.1) is 0 Å². The molecule has 0 bridgehead atoms. The summed E-state index contributed by atoms with van der Waals surface area (Å²) in [4.78, 5) is 28.5. The highest BCUT2D eigenvalue weighted by Crippen LogP contribution is 2.19. The monoisotopic (exact) mass is 366 g/mol. The number of rotatable bonds is 5. The zero-order chi connectivity index (χ0) is 17.7. The second-order valence-electron chi connectivity index (χ2n) is 4.83. The topological polar surface area (TPSA) is 85.4 Å². The van der Waals surface area contributed by atoms with Gasteiger partial charge in [0.15, 0.2) is 11.3 Å². The first-order valence-electron chi connectivity index (χ1n) is 6.95. The maximum atomic E-state index is 12.2. The molecular formula is C16H15ClN2O4S. The fraction of sp³-hybridized carbons (Fsp3) is 0.188. The van der Waals surface area contributed by atoms with Crippen LogP contribution in [0.5, 0.6) is 0 Å². The van der Waals surface area contributed by atoms with Crippen molar-refractivity contribution in [3.8, 4) is 0 Å². The van der Waals surface area contributed by atoms with E-state index in [-0.39, 0.29) is 10.7 Å². The van der Waals surface area contributed by atoms with Crippen LogP contribution in [0.25, 0.3) is 0 Å². The van der Waals surface area contributed by atoms with E-state index in [0.717, 1.165) is 0 Å². The maximum Gasteiger partial charge on any atom is 0.340 e. The third-order valence-corrected chi connectivity index (χ3v) is 4.36. The number of amides is 1. The number of halogens is 1. The summed E-state index contributed by atoms with van der Waals surface area (Å²) in [5.74, 6) is -1.27. The SMILES string of the molecule is C[C@H](OC(=O)c1ccccc1[S@](C)=O)C(=O)Nc1cccnc1Cl. The Hall–Kier alpha value is -2.25. The first kappa shape index (κ1) is 18.1. The smallest absolute Gasteiger partial charge is 0.340 e. The van der Waals surface area contributed by atoms with E-state index >= 15 is 0 Å². The summed E-state index contributed by atoms with van der Waals surface area (Å²) in [5, 5.41) is 2.67. The number of ether oxygens (including phenoxy) is 1. The standard InChI is InChI=1S/C16H15ClN2O4S/c1-10(15(20)19-12-7-5-9-18-14(12)17)23-16(21)11-6-3-4-8-13(11)24(2)22/h3-10H,1-2H3,(H,19,20)/t10-,24-/m0/s1. The van der Waals surface area contributed by atoms with Gasteiger partial charge >= 0.3 is 5.97 Å². The highest BCUT2D eigenvalue weighted by atomic mass is 35.5. The van der Waals surface area contributed by atoms with Crippen LogP contribution in [0.15, 0.2) is 47.5 Å². The van der Waals surface area contributed by atoms with Gasteiger partial charge < -0.3 is 10.1 Å². The van der Waals surface area contributed by atoms with Crippen molar-refractivity contribution in [2.75, 3.05) is 11.6 Å². The minimum atomic E-state index is -1.35. The predicted octanol–water partition coefficient (Wildman–Crippen LogP) is 2.66. The summed E-state index contributed by atoms with van der Waals surface area (Å²) in [6.07, 6.45) is 1.89. The number of hydrogen-bond acceptors (Lipinski definition) is 5. The summed E-state index contributed by atoms with van der Waals surface area (Å²) in [5.41, 5.74) is 0.486. The van der Waals surface area contributed by atoms with Crippen LogP contribution in [0.3, 0.4) is 0 Å². The molecule has 0 unspecified atom stereocenters. The van der Waals surface area contributed by atoms with Gasteiger partial charge in [-0.05, 0) is 31.2 Å². The van der Waals surface area contributed by atoms with Crippen LogP contribution in [-0.2, 0) is 20.3 Å². The number of carbonyl (C=O) groups is 2. The first-order chi connectivity index (χ1) is 11.4. The largest absolute Gasteiger partial charge is 0.449 e. The van der Waals surface area contributed by atoms with E-state index in [1.807, 2.05) is 0 Å². The fourth-order valence-corrected chi connectivity index (χ4v) is 2.77. The molecule has 0 spiro atoms. The molecule has 0 radical (unpaired) electrons. The predicted molar refractivity (Wildman–Crippen MR) is 91.5 cm³/mol. The van der Waals surface area contributed by atoms with E-state index in [0.29, 0.717) is 10.6 Å². The average molecular weight is 367 g/mol. The van der Waals surface area contributed by atoms with Crippen LogP contribution in [0.4, 0.5) is 5.69 Å². The molecule has 0 saturated heterocycles. The Labute approximate surface area is 146 Å². The second kappa shape index (κ2) is 8.03. The molecule has 0 fully saturated rings. The summed E-state index contributed by atoms with van der Waals surface area (Å²) in [7, 11) is -1.35. The molecule has 126 valence electrons. The van der Waals surface area contributed by atoms with Crippen molar-refractivity contribution in [1.29, 1.82) is 0 Å². The van der Waals surface area contributed by atoms with Gasteiger partial charge in [-0.1, -0.05) is 23.7 Å². The Kier molecular flexibility index (Phi) is 6.05. The minimum Gasteiger partial charge on any atom is -0.449 e. The molecule has 1 aromatic heterocycles. The van der Waals surface area contributed by atoms with E-state index in [2.05, 4.69) is 10.3 Å². The van der Waals surface area contributed by atoms with Crippen molar-refractivity contribution in [1.82, 2.24) is 4.98 Å². The Morgan fingerprint density at radius 1 is 1.25 bits per heavy atom. The molecule has 0 aliphatic rings. The minimum absolute atomic E-state index is 0.135. The van der Waals surface area contributed by atoms with Gasteiger partial charge in [0.2, 0.25) is 0 Å². The number of carbonyl (C=O) groups excluding carboxylic acids is 2. The number of nitrogens with one attached hydrogen (secondary N) is 1. The molecular weight excluding hydrogens is 352 g/mol. The first-order valence-corrected chi connectivity index (χ1v) is 8.88. The lowest BCUT2D eigenvalue weighted by molar-refractivity contribution is -0.123. The zero-order valence-corrected chi connectivity index (χ0v) is 14.6. The van der Waals surface area contributed by atoms with Crippen molar-refractivity contribution in [2.45, 2.75) is 17.9 Å². The number of pyridine rings is 1. The van der Waals surface area contributed by atoms with Crippen LogP contribution in [-0.4, -0.2) is 33.4 Å². The van der Waals surface area contributed by atoms with Crippen molar-refractivity contribution >= 4 is 40.0 Å². The molecule has 1 aromatic carbocycles. The lowest BCUT2D eigenvalue weighted by Crippen LogP contribution is -2.30. The van der Waals surface area contributed by atoms with Gasteiger partial charge in [-0.3, -0.25) is 9.00 Å². The zero-order valence-electron chi connectivity index (χ0n) is 13.0. The number of hydrogen-bond donors (Lipinski definition) is 1. The van der Waals surface area contributed by atoms with Crippen molar-refractivity contribution < 1.29 is 18.5 Å². The highest BCUT2D eigenvalue weighted by Gasteiger charge is 2.22. The Morgan fingerprint density at radius 3 is 2.62 bits per heavy atom. The van der Waals surface area contributed by atoms with Crippen LogP contribution < -0.4 is 5.32 Å². The second-order valence-corrected chi connectivity index (χ2v) is 6.53. The van der Waals surface area contributed by atoms with E-state index in [4.69, 9.17) is 16.3 Å². The number of benzene rings is 1. The van der Waals surface area contributed by atoms with Gasteiger partial charge in [0.05, 0.1) is 26.9 Å². The highest BCUT2D eigenvalue weighted by molar-refractivity contribution is 7.84. The van der Waals surface area contributed by atoms with Crippen molar-refractivity contribution in [2.24, 2.45) is 0 Å². The van der Waals surface area contributed by atoms with Gasteiger partial charge in [0.25, 0.3) is 5.91 Å². The third-order valence-electron chi connectivity index (χ3n) is 3.09. The molecule has 0 saturated carbocycles. The number of esters is 1. The number of aromatic nitrogens is 1. The molecule has 2 aromatic rings. The summed E-state index contributed by atoms with van der Waals surface area (Å²) < 4.78 is 16.8. The summed E-state index contributed by atoms with van der Waals surface area (Å²) in [6.45, 7) is 1.43. The molecule has 2 atom stereocenters. The Balaban J connectivity index is 2.08. The molecule has 6 nitrogen and oxygen atoms in total. The lowest BCUT2D eigenvalue weighted by atomic mass is 10.2. The molecule has 1 N–H and O–H groups in total. The van der Waals surface area contributed by atoms with Crippen LogP contribution in [0.2, 0.25) is 5.15 Å². The normalized spacial score (nSPS) is 13.0. The molecule has 24 heavy (non-hydrogen) atoms. The van der Waals surface area contributed by atoms with Crippen molar-refractivity contribution in [3.05, 3.63) is 53.3 Å². The number of anilines is 1. The quantitative estimate of drug-likeness (QED) is 0.649. The van der Waals surface area contributed by atoms with Gasteiger partial charge in [0, 0.05) is 12.5 Å². The van der Waals surface area contributed by atoms with Gasteiger partial charge in [0.1, 0.15) is 0 Å². The molecule has 8 heteroatoms. The van der Waals surface area contributed by atoms with E-state index in [9.17, 15) is 13.8 Å². The average Bonchev–Trinajstić information content (AvgIpc) is 2.56. The third kappa shape index (κ3) is 4.39. The Morgan fingerprint density at radius 2 is 1.96 bits per heavy atom. The fourth-order valence-electron chi connectivity index (χ4n) is 1.88. The molecule has 0 aliphatic carbocycles. The van der Waals surface area contributed by atoms with Crippen molar-refractivity contribution in [3.63, 3.8) is 0 Å². The molecule has 1 heterocycles. The molecule has 2 rings (SSSR count). The summed E-state index contributed by atoms with van der Waals surface area (Å²) in [6, 6.07) is 9.58.